The molecule has 0 radical (unpaired) electrons. The first-order chi connectivity index (χ1) is 13.0. The van der Waals surface area contributed by atoms with Crippen LogP contribution in [0.2, 0.25) is 0 Å². The molecule has 0 saturated carbocycles. The minimum Gasteiger partial charge on any atom is -0.481 e. The summed E-state index contributed by atoms with van der Waals surface area (Å²) in [6, 6.07) is 8.01. The molecule has 5 nitrogen and oxygen atoms in total. The molecule has 144 valence electrons. The Morgan fingerprint density at radius 3 is 2.33 bits per heavy atom. The van der Waals surface area contributed by atoms with Crippen molar-refractivity contribution in [1.29, 1.82) is 0 Å². The molecule has 2 unspecified atom stereocenters. The van der Waals surface area contributed by atoms with Crippen molar-refractivity contribution in [2.45, 2.75) is 32.1 Å². The normalized spacial score (nSPS) is 20.2. The lowest BCUT2D eigenvalue weighted by atomic mass is 9.78. The van der Waals surface area contributed by atoms with Gasteiger partial charge in [-0.05, 0) is 48.6 Å². The monoisotopic (exact) mass is 405 g/mol. The summed E-state index contributed by atoms with van der Waals surface area (Å²) < 4.78 is 0. The number of hydrogen-bond acceptors (Lipinski definition) is 5. The molecule has 2 aromatic rings. The van der Waals surface area contributed by atoms with Gasteiger partial charge in [0.25, 0.3) is 0 Å². The lowest BCUT2D eigenvalue weighted by Crippen LogP contribution is -2.52. The van der Waals surface area contributed by atoms with Gasteiger partial charge in [-0.3, -0.25) is 14.4 Å². The molecular formula is C20H23NO4S2. The molecule has 2 atom stereocenters. The van der Waals surface area contributed by atoms with Gasteiger partial charge in [-0.25, -0.2) is 0 Å². The fraction of sp³-hybridized carbons (Fsp3) is 0.450. The Bertz CT molecular complexity index is 770. The van der Waals surface area contributed by atoms with Crippen molar-refractivity contribution in [3.63, 3.8) is 0 Å². The van der Waals surface area contributed by atoms with Crippen LogP contribution in [0.15, 0.2) is 35.0 Å². The summed E-state index contributed by atoms with van der Waals surface area (Å²) in [6.07, 6.45) is 2.63. The van der Waals surface area contributed by atoms with E-state index >= 15 is 0 Å². The number of Topliss-reactive ketones (excluding diaryl/α,β-unsaturated/α-hetero) is 1. The summed E-state index contributed by atoms with van der Waals surface area (Å²) >= 11 is 3.29. The number of thiophene rings is 2. The minimum absolute atomic E-state index is 0.00166. The molecule has 1 N–H and O–H groups in total. The average Bonchev–Trinajstić information content (AvgIpc) is 3.32. The van der Waals surface area contributed by atoms with E-state index in [9.17, 15) is 19.5 Å². The molecule has 1 aliphatic rings. The van der Waals surface area contributed by atoms with Gasteiger partial charge in [-0.2, -0.15) is 0 Å². The molecule has 1 fully saturated rings. The summed E-state index contributed by atoms with van der Waals surface area (Å²) in [7, 11) is 0. The van der Waals surface area contributed by atoms with E-state index < -0.39 is 17.8 Å². The fourth-order valence-electron chi connectivity index (χ4n) is 3.63. The maximum absolute atomic E-state index is 12.9. The quantitative estimate of drug-likeness (QED) is 0.693. The zero-order chi connectivity index (χ0) is 19.2. The molecule has 27 heavy (non-hydrogen) atoms. The van der Waals surface area contributed by atoms with E-state index in [2.05, 4.69) is 6.07 Å². The molecule has 1 aliphatic heterocycles. The maximum atomic E-state index is 12.9. The second-order valence-corrected chi connectivity index (χ2v) is 8.90. The van der Waals surface area contributed by atoms with Crippen LogP contribution in [0.25, 0.3) is 0 Å². The molecular weight excluding hydrogens is 382 g/mol. The Morgan fingerprint density at radius 2 is 1.74 bits per heavy atom. The molecule has 2 aromatic heterocycles. The fourth-order valence-corrected chi connectivity index (χ4v) is 5.08. The first-order valence-corrected chi connectivity index (χ1v) is 10.9. The number of amides is 1. The van der Waals surface area contributed by atoms with Gasteiger partial charge in [-0.15, -0.1) is 22.7 Å². The predicted octanol–water partition coefficient (Wildman–Crippen LogP) is 3.49. The third-order valence-corrected chi connectivity index (χ3v) is 6.87. The van der Waals surface area contributed by atoms with Crippen molar-refractivity contribution < 1.29 is 19.5 Å². The summed E-state index contributed by atoms with van der Waals surface area (Å²) in [5.74, 6) is -2.43. The Balaban J connectivity index is 1.63. The predicted molar refractivity (Wildman–Crippen MR) is 106 cm³/mol. The summed E-state index contributed by atoms with van der Waals surface area (Å²) in [5.41, 5.74) is 0. The molecule has 3 heterocycles. The van der Waals surface area contributed by atoms with Crippen molar-refractivity contribution in [3.8, 4) is 0 Å². The third-order valence-electron chi connectivity index (χ3n) is 5.00. The summed E-state index contributed by atoms with van der Waals surface area (Å²) in [5, 5.41) is 13.2. The lowest BCUT2D eigenvalue weighted by Gasteiger charge is -2.36. The molecule has 0 bridgehead atoms. The van der Waals surface area contributed by atoms with Crippen LogP contribution >= 0.6 is 22.7 Å². The van der Waals surface area contributed by atoms with Crippen LogP contribution in [0.1, 0.15) is 29.0 Å². The van der Waals surface area contributed by atoms with Gasteiger partial charge in [0.1, 0.15) is 0 Å². The van der Waals surface area contributed by atoms with Gasteiger partial charge in [0.05, 0.1) is 18.9 Å². The Kier molecular flexibility index (Phi) is 6.79. The van der Waals surface area contributed by atoms with E-state index in [0.717, 1.165) is 17.7 Å². The van der Waals surface area contributed by atoms with Gasteiger partial charge in [0.2, 0.25) is 5.91 Å². The van der Waals surface area contributed by atoms with E-state index in [1.165, 1.54) is 4.88 Å². The van der Waals surface area contributed by atoms with Crippen LogP contribution < -0.4 is 0 Å². The zero-order valence-electron chi connectivity index (χ0n) is 15.0. The number of piperidine rings is 1. The molecule has 1 saturated heterocycles. The molecule has 0 aliphatic carbocycles. The van der Waals surface area contributed by atoms with Gasteiger partial charge in [0.15, 0.2) is 5.78 Å². The van der Waals surface area contributed by atoms with Crippen molar-refractivity contribution in [2.24, 2.45) is 11.8 Å². The molecule has 3 rings (SSSR count). The Hall–Kier alpha value is -1.99. The molecule has 0 aromatic carbocycles. The van der Waals surface area contributed by atoms with E-state index in [4.69, 9.17) is 0 Å². The molecule has 0 spiro atoms. The number of nitrogens with zero attached hydrogens (tertiary/aromatic N) is 1. The molecule has 7 heteroatoms. The van der Waals surface area contributed by atoms with Crippen molar-refractivity contribution in [2.75, 3.05) is 13.1 Å². The second-order valence-electron chi connectivity index (χ2n) is 6.84. The first kappa shape index (κ1) is 19.8. The van der Waals surface area contributed by atoms with Crippen molar-refractivity contribution in [3.05, 3.63) is 44.8 Å². The van der Waals surface area contributed by atoms with Gasteiger partial charge >= 0.3 is 5.97 Å². The van der Waals surface area contributed by atoms with E-state index in [1.807, 2.05) is 29.0 Å². The Labute approximate surface area is 166 Å². The number of aliphatic carboxylic acids is 1. The number of carbonyl (C=O) groups is 3. The maximum Gasteiger partial charge on any atom is 0.304 e. The highest BCUT2D eigenvalue weighted by Gasteiger charge is 2.42. The number of rotatable bonds is 9. The Morgan fingerprint density at radius 1 is 1.07 bits per heavy atom. The highest BCUT2D eigenvalue weighted by atomic mass is 32.1. The van der Waals surface area contributed by atoms with Crippen LogP contribution in [0.4, 0.5) is 0 Å². The SMILES string of the molecule is O=C(O)CC1C(=O)N(CCc2cccs2)CC(=O)C1CCCc1cccs1. The highest BCUT2D eigenvalue weighted by molar-refractivity contribution is 7.10. The number of carbonyl (C=O) groups excluding carboxylic acids is 2. The van der Waals surface area contributed by atoms with Crippen LogP contribution in [0.5, 0.6) is 0 Å². The lowest BCUT2D eigenvalue weighted by molar-refractivity contribution is -0.154. The number of hydrogen-bond donors (Lipinski definition) is 1. The number of likely N-dealkylation sites (tertiary alicyclic amines) is 1. The smallest absolute Gasteiger partial charge is 0.304 e. The number of carboxylic acids is 1. The zero-order valence-corrected chi connectivity index (χ0v) is 16.6. The van der Waals surface area contributed by atoms with Gasteiger partial charge in [0, 0.05) is 22.2 Å². The standard InChI is InChI=1S/C20H23NO4S2/c22-18-13-21(9-8-15-6-3-11-27-15)20(25)17(12-19(23)24)16(18)7-1-4-14-5-2-10-26-14/h2-3,5-6,10-11,16-17H,1,4,7-9,12-13H2,(H,23,24). The van der Waals surface area contributed by atoms with E-state index in [0.29, 0.717) is 19.4 Å². The van der Waals surface area contributed by atoms with Crippen molar-refractivity contribution in [1.82, 2.24) is 4.90 Å². The van der Waals surface area contributed by atoms with E-state index in [-0.39, 0.29) is 24.7 Å². The van der Waals surface area contributed by atoms with E-state index in [1.54, 1.807) is 27.6 Å². The minimum atomic E-state index is -1.02. The highest BCUT2D eigenvalue weighted by Crippen LogP contribution is 2.30. The topological polar surface area (TPSA) is 74.7 Å². The van der Waals surface area contributed by atoms with Crippen molar-refractivity contribution >= 4 is 40.3 Å². The van der Waals surface area contributed by atoms with Crippen LogP contribution in [0, 0.1) is 11.8 Å². The van der Waals surface area contributed by atoms with Gasteiger partial charge in [-0.1, -0.05) is 12.1 Å². The first-order valence-electron chi connectivity index (χ1n) is 9.12. The second kappa shape index (κ2) is 9.28. The van der Waals surface area contributed by atoms with Gasteiger partial charge < -0.3 is 10.0 Å². The molecule has 1 amide bonds. The summed E-state index contributed by atoms with van der Waals surface area (Å²) in [6.45, 7) is 0.563. The average molecular weight is 406 g/mol. The number of ketones is 1. The largest absolute Gasteiger partial charge is 0.481 e. The third kappa shape index (κ3) is 5.26. The van der Waals surface area contributed by atoms with Crippen LogP contribution in [-0.2, 0) is 27.2 Å². The number of aryl methyl sites for hydroxylation is 1. The summed E-state index contributed by atoms with van der Waals surface area (Å²) in [4.78, 5) is 40.8. The number of carboxylic acid groups (broad SMARTS) is 1. The van der Waals surface area contributed by atoms with Crippen LogP contribution in [0.3, 0.4) is 0 Å². The van der Waals surface area contributed by atoms with Crippen LogP contribution in [-0.4, -0.2) is 40.8 Å².